The van der Waals surface area contributed by atoms with Crippen molar-refractivity contribution in [3.63, 3.8) is 0 Å². The van der Waals surface area contributed by atoms with Gasteiger partial charge < -0.3 is 44.7 Å². The summed E-state index contributed by atoms with van der Waals surface area (Å²) >= 11 is 0. The van der Waals surface area contributed by atoms with Crippen LogP contribution in [0.3, 0.4) is 0 Å². The number of para-hydroxylation sites is 1. The van der Waals surface area contributed by atoms with Crippen molar-refractivity contribution in [1.29, 1.82) is 0 Å². The first-order valence-corrected chi connectivity index (χ1v) is 19.7. The predicted octanol–water partition coefficient (Wildman–Crippen LogP) is 3.73. The molecule has 0 saturated carbocycles. The van der Waals surface area contributed by atoms with Crippen LogP contribution in [0.1, 0.15) is 116 Å². The highest BCUT2D eigenvalue weighted by Crippen LogP contribution is 2.14. The molecule has 1 heterocycles. The quantitative estimate of drug-likeness (QED) is 0.0623. The minimum absolute atomic E-state index is 0. The Morgan fingerprint density at radius 2 is 1.35 bits per heavy atom. The molecule has 4 N–H and O–H groups in total. The van der Waals surface area contributed by atoms with E-state index in [0.717, 1.165) is 30.2 Å². The number of fused-ring (bicyclic) bond motifs is 1. The fourth-order valence-electron chi connectivity index (χ4n) is 5.64. The zero-order chi connectivity index (χ0) is 34.0. The number of rotatable bonds is 27. The summed E-state index contributed by atoms with van der Waals surface area (Å²) in [5.41, 5.74) is 1.04. The Kier molecular flexibility index (Phi) is 25.2. The summed E-state index contributed by atoms with van der Waals surface area (Å²) in [5.74, 6) is -0.0728. The van der Waals surface area contributed by atoms with Gasteiger partial charge in [-0.15, -0.1) is 0 Å². The molecule has 12 heteroatoms. The van der Waals surface area contributed by atoms with Crippen molar-refractivity contribution in [2.45, 2.75) is 129 Å². The average Bonchev–Trinajstić information content (AvgIpc) is 3.07. The van der Waals surface area contributed by atoms with Crippen LogP contribution in [0.15, 0.2) is 42.6 Å². The Morgan fingerprint density at radius 1 is 0.792 bits per heavy atom. The number of hydrogen-bond donors (Lipinski definition) is 4. The number of aryl methyl sites for hydroxylation is 1. The molecule has 1 unspecified atom stereocenters. The van der Waals surface area contributed by atoms with Crippen LogP contribution >= 0.6 is 0 Å². The highest BCUT2D eigenvalue weighted by molar-refractivity contribution is 7.89. The number of unbranched alkanes of at least 4 members (excludes halogenated alkanes) is 15. The first-order valence-electron chi connectivity index (χ1n) is 18.1. The number of nitrogens with one attached hydrogen (secondary N) is 4. The van der Waals surface area contributed by atoms with Crippen LogP contribution in [0.5, 0.6) is 0 Å². The van der Waals surface area contributed by atoms with Gasteiger partial charge in [0.1, 0.15) is 13.2 Å². The van der Waals surface area contributed by atoms with E-state index in [4.69, 9.17) is 4.74 Å². The lowest BCUT2D eigenvalue weighted by Gasteiger charge is -2.19. The summed E-state index contributed by atoms with van der Waals surface area (Å²) in [6.07, 6.45) is 22.5. The molecule has 1 atom stereocenters. The maximum atomic E-state index is 12.7. The van der Waals surface area contributed by atoms with Crippen LogP contribution in [-0.4, -0.2) is 59.1 Å². The maximum absolute atomic E-state index is 12.7. The van der Waals surface area contributed by atoms with Crippen LogP contribution in [0.2, 0.25) is 0 Å². The van der Waals surface area contributed by atoms with Gasteiger partial charge >= 0.3 is 12.1 Å². The van der Waals surface area contributed by atoms with Crippen LogP contribution in [0.25, 0.3) is 10.9 Å². The van der Waals surface area contributed by atoms with Gasteiger partial charge in [-0.05, 0) is 18.6 Å². The third-order valence-electron chi connectivity index (χ3n) is 8.43. The Morgan fingerprint density at radius 3 is 1.96 bits per heavy atom. The second kappa shape index (κ2) is 27.6. The fraction of sp³-hybridized carbons (Fsp3) is 0.694. The number of amides is 3. The summed E-state index contributed by atoms with van der Waals surface area (Å²) < 4.78 is 35.3. The summed E-state index contributed by atoms with van der Waals surface area (Å²) in [6.45, 7) is 3.08. The lowest BCUT2D eigenvalue weighted by atomic mass is 10.0. The molecule has 2 aromatic rings. The van der Waals surface area contributed by atoms with Gasteiger partial charge in [0.05, 0.1) is 11.8 Å². The van der Waals surface area contributed by atoms with E-state index in [-0.39, 0.29) is 42.9 Å². The molecule has 0 bridgehead atoms. The summed E-state index contributed by atoms with van der Waals surface area (Å²) in [4.78, 5) is 24.1. The van der Waals surface area contributed by atoms with E-state index >= 15 is 0 Å². The Hall–Kier alpha value is -2.19. The zero-order valence-electron chi connectivity index (χ0n) is 29.4. The van der Waals surface area contributed by atoms with Gasteiger partial charge in [0.2, 0.25) is 15.5 Å². The van der Waals surface area contributed by atoms with E-state index in [2.05, 4.69) is 27.6 Å². The molecule has 1 aromatic heterocycles. The van der Waals surface area contributed by atoms with Gasteiger partial charge in [-0.2, -0.15) is 4.57 Å². The molecule has 2 rings (SSSR count). The van der Waals surface area contributed by atoms with Crippen molar-refractivity contribution in [1.82, 2.24) is 20.7 Å². The van der Waals surface area contributed by atoms with Gasteiger partial charge in [0.25, 0.3) is 0 Å². The molecular formula is C36H62IN5O5S. The number of carbonyl (C=O) groups is 2. The van der Waals surface area contributed by atoms with Gasteiger partial charge in [-0.1, -0.05) is 115 Å². The van der Waals surface area contributed by atoms with Gasteiger partial charge in [0.15, 0.2) is 6.20 Å². The molecule has 0 aliphatic heterocycles. The number of nitrogens with zero attached hydrogens (tertiary/aromatic N) is 1. The third-order valence-corrected chi connectivity index (χ3v) is 9.86. The number of ether oxygens (including phenoxy) is 1. The van der Waals surface area contributed by atoms with Gasteiger partial charge in [-0.25, -0.2) is 22.7 Å². The largest absolute Gasteiger partial charge is 1.00 e. The van der Waals surface area contributed by atoms with Gasteiger partial charge in [-0.3, -0.25) is 0 Å². The summed E-state index contributed by atoms with van der Waals surface area (Å²) in [7, 11) is -2.15. The van der Waals surface area contributed by atoms with Crippen LogP contribution < -0.4 is 49.2 Å². The molecule has 1 aromatic carbocycles. The molecular weight excluding hydrogens is 741 g/mol. The highest BCUT2D eigenvalue weighted by Gasteiger charge is 2.19. The maximum Gasteiger partial charge on any atom is 0.407 e. The Balaban J connectivity index is 0.0000115. The van der Waals surface area contributed by atoms with Crippen LogP contribution in [0.4, 0.5) is 9.59 Å². The van der Waals surface area contributed by atoms with Crippen molar-refractivity contribution in [3.05, 3.63) is 42.6 Å². The normalized spacial score (nSPS) is 11.9. The van der Waals surface area contributed by atoms with E-state index < -0.39 is 28.2 Å². The van der Waals surface area contributed by atoms with Crippen molar-refractivity contribution >= 4 is 33.1 Å². The number of sulfonamides is 1. The summed E-state index contributed by atoms with van der Waals surface area (Å²) in [5, 5.41) is 8.93. The number of pyridine rings is 1. The minimum Gasteiger partial charge on any atom is -1.00 e. The number of alkyl carbamates (subject to hydrolysis) is 1. The topological polar surface area (TPSA) is 130 Å². The first kappa shape index (κ1) is 43.8. The molecule has 0 saturated heterocycles. The Labute approximate surface area is 307 Å². The van der Waals surface area contributed by atoms with Crippen molar-refractivity contribution in [2.75, 3.05) is 32.5 Å². The van der Waals surface area contributed by atoms with E-state index in [0.29, 0.717) is 19.5 Å². The fourth-order valence-corrected chi connectivity index (χ4v) is 6.75. The molecule has 3 amide bonds. The molecule has 0 aliphatic rings. The average molecular weight is 804 g/mol. The number of carbonyl (C=O) groups excluding carboxylic acids is 2. The molecule has 274 valence electrons. The lowest BCUT2D eigenvalue weighted by molar-refractivity contribution is -0.671. The smallest absolute Gasteiger partial charge is 0.407 e. The first-order chi connectivity index (χ1) is 22.8. The minimum atomic E-state index is -3.61. The molecule has 0 aliphatic carbocycles. The predicted molar refractivity (Wildman–Crippen MR) is 191 cm³/mol. The monoisotopic (exact) mass is 803 g/mol. The van der Waals surface area contributed by atoms with E-state index in [1.807, 2.05) is 47.2 Å². The zero-order valence-corrected chi connectivity index (χ0v) is 32.4. The molecule has 0 radical (unpaired) electrons. The van der Waals surface area contributed by atoms with Crippen molar-refractivity contribution in [2.24, 2.45) is 0 Å². The molecule has 0 fully saturated rings. The SMILES string of the molecule is CCCCCCCCCCCCCCCCCCNC(=O)OCC(CNS(=O)(=O)CCC[n+]1cccc2ccccc21)NC(=O)NC.[I-]. The lowest BCUT2D eigenvalue weighted by Crippen LogP contribution is -3.00. The van der Waals surface area contributed by atoms with Crippen LogP contribution in [0, 0.1) is 0 Å². The van der Waals surface area contributed by atoms with E-state index in [1.54, 1.807) is 0 Å². The molecule has 48 heavy (non-hydrogen) atoms. The summed E-state index contributed by atoms with van der Waals surface area (Å²) in [6, 6.07) is 10.7. The number of hydrogen-bond acceptors (Lipinski definition) is 5. The van der Waals surface area contributed by atoms with E-state index in [9.17, 15) is 18.0 Å². The van der Waals surface area contributed by atoms with Gasteiger partial charge in [0, 0.05) is 44.1 Å². The molecule has 10 nitrogen and oxygen atoms in total. The standard InChI is InChI=1S/C36H61N5O5S.HI/c1-3-4-5-6-7-8-9-10-11-12-13-14-15-16-17-20-26-38-36(43)46-31-33(40-35(42)37-2)30-39-47(44,45)29-22-28-41-27-21-24-32-23-18-19-25-34(32)41;/h18-19,21,23-25,27,33,39H,3-17,20,22,26,28-31H2,1-2H3,(H2-,37,38,40,42,43);1H. The second-order valence-electron chi connectivity index (χ2n) is 12.5. The molecule has 0 spiro atoms. The van der Waals surface area contributed by atoms with Crippen LogP contribution in [-0.2, 0) is 21.3 Å². The number of aromatic nitrogens is 1. The number of urea groups is 1. The number of benzene rings is 1. The van der Waals surface area contributed by atoms with Crippen molar-refractivity contribution < 1.29 is 51.3 Å². The van der Waals surface area contributed by atoms with E-state index in [1.165, 1.54) is 90.5 Å². The van der Waals surface area contributed by atoms with Crippen molar-refractivity contribution in [3.8, 4) is 0 Å². The second-order valence-corrected chi connectivity index (χ2v) is 14.5. The Bertz CT molecular complexity index is 1250. The number of halogens is 1. The highest BCUT2D eigenvalue weighted by atomic mass is 127. The third kappa shape index (κ3) is 21.0.